The molecule has 0 radical (unpaired) electrons. The maximum absolute atomic E-state index is 12.5. The molecule has 6 nitrogen and oxygen atoms in total. The van der Waals surface area contributed by atoms with Crippen molar-refractivity contribution in [3.05, 3.63) is 105 Å². The number of benzene rings is 3. The average Bonchev–Trinajstić information content (AvgIpc) is 3.33. The van der Waals surface area contributed by atoms with Crippen molar-refractivity contribution in [1.29, 1.82) is 0 Å². The van der Waals surface area contributed by atoms with Gasteiger partial charge in [0.05, 0.1) is 22.0 Å². The molecule has 9 heteroatoms. The number of thiazole rings is 1. The van der Waals surface area contributed by atoms with E-state index in [2.05, 4.69) is 27.4 Å². The monoisotopic (exact) mass is 536 g/mol. The molecular weight excluding hydrogens is 515 g/mol. The summed E-state index contributed by atoms with van der Waals surface area (Å²) in [6.45, 7) is 5.93. The highest BCUT2D eigenvalue weighted by molar-refractivity contribution is 7.14. The van der Waals surface area contributed by atoms with Gasteiger partial charge < -0.3 is 10.1 Å². The van der Waals surface area contributed by atoms with Crippen LogP contribution in [0.15, 0.2) is 83.8 Å². The Morgan fingerprint density at radius 3 is 2.47 bits per heavy atom. The van der Waals surface area contributed by atoms with Crippen molar-refractivity contribution >= 4 is 57.5 Å². The van der Waals surface area contributed by atoms with E-state index in [1.165, 1.54) is 23.1 Å². The van der Waals surface area contributed by atoms with Crippen molar-refractivity contribution in [3.8, 4) is 17.0 Å². The van der Waals surface area contributed by atoms with E-state index >= 15 is 0 Å². The highest BCUT2D eigenvalue weighted by atomic mass is 35.5. The number of carbonyl (C=O) groups excluding carboxylic acids is 1. The number of hydrazone groups is 1. The summed E-state index contributed by atoms with van der Waals surface area (Å²) in [5.74, 6) is 0.0265. The Balaban J connectivity index is 1.36. The first kappa shape index (κ1) is 25.4. The molecule has 4 aromatic rings. The van der Waals surface area contributed by atoms with Crippen LogP contribution in [-0.4, -0.2) is 23.7 Å². The summed E-state index contributed by atoms with van der Waals surface area (Å²) in [6, 6.07) is 18.6. The molecule has 0 aliphatic heterocycles. The Bertz CT molecular complexity index is 1380. The lowest BCUT2D eigenvalue weighted by molar-refractivity contribution is 0.0955. The first-order valence-corrected chi connectivity index (χ1v) is 12.5. The summed E-state index contributed by atoms with van der Waals surface area (Å²) in [5.41, 5.74) is 7.51. The fourth-order valence-electron chi connectivity index (χ4n) is 3.18. The maximum Gasteiger partial charge on any atom is 0.271 e. The molecule has 3 aromatic carbocycles. The minimum Gasteiger partial charge on any atom is -0.486 e. The number of aromatic nitrogens is 1. The Morgan fingerprint density at radius 2 is 1.81 bits per heavy atom. The normalized spacial score (nSPS) is 10.9. The fraction of sp³-hybridized carbons (Fsp3) is 0.0741. The van der Waals surface area contributed by atoms with Crippen LogP contribution in [0.2, 0.25) is 10.0 Å². The molecule has 0 aliphatic rings. The van der Waals surface area contributed by atoms with Crippen LogP contribution in [0.1, 0.15) is 21.5 Å². The molecule has 0 atom stereocenters. The smallest absolute Gasteiger partial charge is 0.271 e. The van der Waals surface area contributed by atoms with Crippen LogP contribution in [-0.2, 0) is 0 Å². The van der Waals surface area contributed by atoms with Crippen molar-refractivity contribution in [3.63, 3.8) is 0 Å². The lowest BCUT2D eigenvalue weighted by atomic mass is 10.1. The first-order chi connectivity index (χ1) is 17.4. The number of hydrogen-bond acceptors (Lipinski definition) is 6. The van der Waals surface area contributed by atoms with Gasteiger partial charge in [-0.15, -0.1) is 11.3 Å². The van der Waals surface area contributed by atoms with Crippen LogP contribution < -0.4 is 15.5 Å². The number of nitrogens with zero attached hydrogens (tertiary/aromatic N) is 2. The number of nitrogens with one attached hydrogen (secondary N) is 2. The highest BCUT2D eigenvalue weighted by Crippen LogP contribution is 2.34. The second-order valence-electron chi connectivity index (χ2n) is 7.72. The Morgan fingerprint density at radius 1 is 1.11 bits per heavy atom. The number of halogens is 2. The Labute approximate surface area is 223 Å². The van der Waals surface area contributed by atoms with Gasteiger partial charge in [-0.2, -0.15) is 5.10 Å². The van der Waals surface area contributed by atoms with Gasteiger partial charge in [-0.1, -0.05) is 65.7 Å². The van der Waals surface area contributed by atoms with Gasteiger partial charge in [-0.05, 0) is 48.9 Å². The van der Waals surface area contributed by atoms with Gasteiger partial charge in [-0.25, -0.2) is 10.4 Å². The Kier molecular flexibility index (Phi) is 8.38. The predicted octanol–water partition coefficient (Wildman–Crippen LogP) is 7.50. The van der Waals surface area contributed by atoms with Crippen molar-refractivity contribution in [2.24, 2.45) is 5.10 Å². The Hall–Kier alpha value is -3.65. The number of aryl methyl sites for hydroxylation is 1. The van der Waals surface area contributed by atoms with Crippen LogP contribution in [0.5, 0.6) is 5.75 Å². The summed E-state index contributed by atoms with van der Waals surface area (Å²) in [5, 5.41) is 10.8. The topological polar surface area (TPSA) is 75.6 Å². The molecule has 0 bridgehead atoms. The summed E-state index contributed by atoms with van der Waals surface area (Å²) >= 11 is 14.0. The lowest BCUT2D eigenvalue weighted by Crippen LogP contribution is -2.17. The molecule has 0 aliphatic carbocycles. The van der Waals surface area contributed by atoms with E-state index in [0.29, 0.717) is 26.9 Å². The molecule has 0 spiro atoms. The van der Waals surface area contributed by atoms with Crippen molar-refractivity contribution < 1.29 is 9.53 Å². The van der Waals surface area contributed by atoms with Gasteiger partial charge in [0.2, 0.25) is 0 Å². The molecule has 36 heavy (non-hydrogen) atoms. The van der Waals surface area contributed by atoms with E-state index in [9.17, 15) is 4.79 Å². The van der Waals surface area contributed by atoms with Gasteiger partial charge in [0.15, 0.2) is 10.9 Å². The maximum atomic E-state index is 12.5. The standard InChI is InChI=1S/C27H22Cl2N4O2S/c1-3-12-35-25-22(28)13-18(14-23(25)29)15-30-33-26(34)20-8-6-19(7-9-20)24-16-36-27(32-24)31-21-10-4-17(2)5-11-21/h3-11,13-16H,1,12H2,2H3,(H,31,32)(H,33,34)/b30-15-. The molecule has 0 saturated heterocycles. The van der Waals surface area contributed by atoms with Gasteiger partial charge in [-0.3, -0.25) is 4.79 Å². The van der Waals surface area contributed by atoms with Gasteiger partial charge >= 0.3 is 0 Å². The molecule has 1 amide bonds. The van der Waals surface area contributed by atoms with E-state index in [1.54, 1.807) is 30.3 Å². The minimum atomic E-state index is -0.346. The van der Waals surface area contributed by atoms with E-state index in [4.69, 9.17) is 27.9 Å². The first-order valence-electron chi connectivity index (χ1n) is 10.9. The van der Waals surface area contributed by atoms with Crippen LogP contribution in [0, 0.1) is 6.92 Å². The summed E-state index contributed by atoms with van der Waals surface area (Å²) in [6.07, 6.45) is 3.06. The largest absolute Gasteiger partial charge is 0.486 e. The number of carbonyl (C=O) groups is 1. The number of anilines is 2. The molecule has 0 saturated carbocycles. The van der Waals surface area contributed by atoms with Crippen molar-refractivity contribution in [2.75, 3.05) is 11.9 Å². The van der Waals surface area contributed by atoms with Gasteiger partial charge in [0.25, 0.3) is 5.91 Å². The quantitative estimate of drug-likeness (QED) is 0.132. The van der Waals surface area contributed by atoms with Crippen molar-refractivity contribution in [2.45, 2.75) is 6.92 Å². The molecule has 2 N–H and O–H groups in total. The SMILES string of the molecule is C=CCOc1c(Cl)cc(/C=N\NC(=O)c2ccc(-c3csc(Nc4ccc(C)cc4)n3)cc2)cc1Cl. The zero-order valence-electron chi connectivity index (χ0n) is 19.3. The third-order valence-electron chi connectivity index (χ3n) is 5.00. The van der Waals surface area contributed by atoms with E-state index in [0.717, 1.165) is 22.1 Å². The number of amides is 1. The number of hydrogen-bond donors (Lipinski definition) is 2. The van der Waals surface area contributed by atoms with Crippen LogP contribution in [0.25, 0.3) is 11.3 Å². The summed E-state index contributed by atoms with van der Waals surface area (Å²) in [7, 11) is 0. The molecular formula is C27H22Cl2N4O2S. The summed E-state index contributed by atoms with van der Waals surface area (Å²) in [4.78, 5) is 17.1. The van der Waals surface area contributed by atoms with Crippen LogP contribution in [0.3, 0.4) is 0 Å². The molecule has 0 unspecified atom stereocenters. The molecule has 4 rings (SSSR count). The third kappa shape index (κ3) is 6.51. The summed E-state index contributed by atoms with van der Waals surface area (Å²) < 4.78 is 5.44. The van der Waals surface area contributed by atoms with Crippen LogP contribution >= 0.6 is 34.5 Å². The lowest BCUT2D eigenvalue weighted by Gasteiger charge is -2.08. The predicted molar refractivity (Wildman–Crippen MR) is 149 cm³/mol. The minimum absolute atomic E-state index is 0.287. The zero-order valence-corrected chi connectivity index (χ0v) is 21.6. The van der Waals surface area contributed by atoms with Crippen LogP contribution in [0.4, 0.5) is 10.8 Å². The number of ether oxygens (including phenoxy) is 1. The number of rotatable bonds is 9. The second kappa shape index (κ2) is 11.9. The fourth-order valence-corrected chi connectivity index (χ4v) is 4.53. The van der Waals surface area contributed by atoms with Crippen molar-refractivity contribution in [1.82, 2.24) is 10.4 Å². The average molecular weight is 537 g/mol. The second-order valence-corrected chi connectivity index (χ2v) is 9.39. The molecule has 182 valence electrons. The zero-order chi connectivity index (χ0) is 25.5. The highest BCUT2D eigenvalue weighted by Gasteiger charge is 2.10. The van der Waals surface area contributed by atoms with Gasteiger partial charge in [0, 0.05) is 22.2 Å². The molecule has 1 heterocycles. The van der Waals surface area contributed by atoms with E-state index in [1.807, 2.05) is 48.7 Å². The molecule has 1 aromatic heterocycles. The van der Waals surface area contributed by atoms with E-state index in [-0.39, 0.29) is 12.5 Å². The third-order valence-corrected chi connectivity index (χ3v) is 6.31. The van der Waals surface area contributed by atoms with Gasteiger partial charge in [0.1, 0.15) is 6.61 Å². The van der Waals surface area contributed by atoms with E-state index < -0.39 is 0 Å². The molecule has 0 fully saturated rings.